The van der Waals surface area contributed by atoms with Crippen molar-refractivity contribution in [1.82, 2.24) is 4.98 Å². The van der Waals surface area contributed by atoms with Gasteiger partial charge < -0.3 is 10.1 Å². The molecular weight excluding hydrogens is 434 g/mol. The van der Waals surface area contributed by atoms with E-state index in [0.29, 0.717) is 27.6 Å². The molecule has 0 unspecified atom stereocenters. The van der Waals surface area contributed by atoms with E-state index in [0.717, 1.165) is 11.8 Å². The number of rotatable bonds is 7. The van der Waals surface area contributed by atoms with E-state index in [9.17, 15) is 13.2 Å². The molecule has 4 aromatic rings. The number of carbonyl (C=O) groups excluding carboxylic acids is 1. The molecule has 3 aromatic carbocycles. The fourth-order valence-corrected chi connectivity index (χ4v) is 5.65. The van der Waals surface area contributed by atoms with Crippen molar-refractivity contribution in [2.45, 2.75) is 10.1 Å². The Labute approximate surface area is 184 Å². The number of nitrogens with one attached hydrogen (secondary N) is 2. The van der Waals surface area contributed by atoms with Gasteiger partial charge in [0, 0.05) is 5.69 Å². The quantitative estimate of drug-likeness (QED) is 0.330. The smallest absolute Gasteiger partial charge is 0.336 e. The number of anilines is 1. The highest BCUT2D eigenvalue weighted by atomic mass is 32.2. The Morgan fingerprint density at radius 1 is 1.00 bits per heavy atom. The monoisotopic (exact) mass is 454 g/mol. The molecule has 31 heavy (non-hydrogen) atoms. The Kier molecular flexibility index (Phi) is 5.97. The number of benzene rings is 3. The van der Waals surface area contributed by atoms with Crippen molar-refractivity contribution >= 4 is 44.4 Å². The maximum atomic E-state index is 13.3. The number of carbonyl (C=O) groups is 1. The Morgan fingerprint density at radius 3 is 2.39 bits per heavy atom. The molecule has 0 saturated carbocycles. The Morgan fingerprint density at radius 2 is 1.68 bits per heavy atom. The number of amides is 1. The molecule has 0 radical (unpaired) electrons. The van der Waals surface area contributed by atoms with Crippen LogP contribution in [0.3, 0.4) is 0 Å². The average molecular weight is 455 g/mol. The summed E-state index contributed by atoms with van der Waals surface area (Å²) in [5, 5.41) is 3.16. The molecule has 0 spiro atoms. The van der Waals surface area contributed by atoms with Gasteiger partial charge in [0.1, 0.15) is 10.6 Å². The minimum atomic E-state index is -3.85. The van der Waals surface area contributed by atoms with Gasteiger partial charge in [-0.3, -0.25) is 4.79 Å². The maximum Gasteiger partial charge on any atom is 0.336 e. The molecule has 9 heteroatoms. The van der Waals surface area contributed by atoms with E-state index in [1.54, 1.807) is 79.9 Å². The lowest BCUT2D eigenvalue weighted by molar-refractivity contribution is -0.526. The summed E-state index contributed by atoms with van der Waals surface area (Å²) in [6, 6.07) is 22.3. The molecular formula is C22H20N3O4S2+. The number of fused-ring (bicyclic) bond motifs is 1. The number of thioether (sulfide) groups is 1. The van der Waals surface area contributed by atoms with E-state index in [4.69, 9.17) is 4.74 Å². The number of ether oxygens (including phenoxy) is 1. The van der Waals surface area contributed by atoms with Crippen molar-refractivity contribution in [3.05, 3.63) is 78.9 Å². The summed E-state index contributed by atoms with van der Waals surface area (Å²) in [4.78, 5) is 15.8. The SMILES string of the molecule is COc1ccc(NC(=O)CSc2[nH]c3ccccc3[n+]2S(=O)(=O)c2ccccc2)cc1. The zero-order valence-electron chi connectivity index (χ0n) is 16.6. The first kappa shape index (κ1) is 21.0. The maximum absolute atomic E-state index is 13.3. The Balaban J connectivity index is 1.60. The number of H-pyrrole nitrogens is 1. The Hall–Kier alpha value is -3.30. The van der Waals surface area contributed by atoms with Crippen LogP contribution in [0.15, 0.2) is 88.9 Å². The lowest BCUT2D eigenvalue weighted by Gasteiger charge is -2.06. The molecule has 158 valence electrons. The minimum Gasteiger partial charge on any atom is -0.497 e. The predicted molar refractivity (Wildman–Crippen MR) is 120 cm³/mol. The number of hydrogen-bond acceptors (Lipinski definition) is 5. The minimum absolute atomic E-state index is 0.0309. The fraction of sp³-hybridized carbons (Fsp3) is 0.0909. The van der Waals surface area contributed by atoms with E-state index in [1.165, 1.54) is 3.97 Å². The summed E-state index contributed by atoms with van der Waals surface area (Å²) in [6.45, 7) is 0. The van der Waals surface area contributed by atoms with Crippen LogP contribution in [0.5, 0.6) is 5.75 Å². The molecule has 0 aliphatic carbocycles. The van der Waals surface area contributed by atoms with Gasteiger partial charge >= 0.3 is 15.2 Å². The summed E-state index contributed by atoms with van der Waals surface area (Å²) < 4.78 is 33.0. The topological polar surface area (TPSA) is 92.1 Å². The molecule has 0 atom stereocenters. The van der Waals surface area contributed by atoms with Gasteiger partial charge in [-0.05, 0) is 60.3 Å². The molecule has 1 aromatic heterocycles. The van der Waals surface area contributed by atoms with Crippen LogP contribution in [0, 0.1) is 0 Å². The van der Waals surface area contributed by atoms with Crippen molar-refractivity contribution in [2.24, 2.45) is 0 Å². The van der Waals surface area contributed by atoms with Gasteiger partial charge in [-0.1, -0.05) is 30.3 Å². The van der Waals surface area contributed by atoms with Crippen molar-refractivity contribution in [1.29, 1.82) is 0 Å². The van der Waals surface area contributed by atoms with Gasteiger partial charge in [-0.25, -0.2) is 4.98 Å². The number of methoxy groups -OCH3 is 1. The van der Waals surface area contributed by atoms with E-state index in [1.807, 2.05) is 6.07 Å². The lowest BCUT2D eigenvalue weighted by atomic mass is 10.3. The highest BCUT2D eigenvalue weighted by molar-refractivity contribution is 8.00. The largest absolute Gasteiger partial charge is 0.497 e. The van der Waals surface area contributed by atoms with Crippen LogP contribution in [0.1, 0.15) is 0 Å². The van der Waals surface area contributed by atoms with Crippen molar-refractivity contribution in [3.8, 4) is 5.75 Å². The number of hydrogen-bond donors (Lipinski definition) is 2. The van der Waals surface area contributed by atoms with Gasteiger partial charge in [0.25, 0.3) is 0 Å². The predicted octanol–water partition coefficient (Wildman–Crippen LogP) is 3.43. The third-order valence-corrected chi connectivity index (χ3v) is 7.35. The molecule has 0 saturated heterocycles. The second-order valence-electron chi connectivity index (χ2n) is 6.60. The zero-order valence-corrected chi connectivity index (χ0v) is 18.2. The second-order valence-corrected chi connectivity index (χ2v) is 9.35. The van der Waals surface area contributed by atoms with Crippen molar-refractivity contribution < 1.29 is 21.9 Å². The first-order valence-electron chi connectivity index (χ1n) is 9.39. The zero-order chi connectivity index (χ0) is 21.8. The van der Waals surface area contributed by atoms with Crippen molar-refractivity contribution in [2.75, 3.05) is 18.2 Å². The van der Waals surface area contributed by atoms with Gasteiger partial charge in [-0.2, -0.15) is 8.42 Å². The molecule has 2 N–H and O–H groups in total. The number of imidazole rings is 1. The summed E-state index contributed by atoms with van der Waals surface area (Å²) in [7, 11) is -2.28. The average Bonchev–Trinajstić information content (AvgIpc) is 3.18. The summed E-state index contributed by atoms with van der Waals surface area (Å²) in [5.41, 5.74) is 1.82. The first-order chi connectivity index (χ1) is 15.0. The van der Waals surface area contributed by atoms with Crippen LogP contribution in [-0.2, 0) is 14.8 Å². The number of aromatic nitrogens is 2. The normalized spacial score (nSPS) is 11.4. The molecule has 0 aliphatic heterocycles. The van der Waals surface area contributed by atoms with E-state index < -0.39 is 10.0 Å². The van der Waals surface area contributed by atoms with Crippen LogP contribution >= 0.6 is 11.8 Å². The van der Waals surface area contributed by atoms with Gasteiger partial charge in [0.05, 0.1) is 12.9 Å². The number of para-hydroxylation sites is 2. The standard InChI is InChI=1S/C22H19N3O4S2/c1-29-17-13-11-16(12-14-17)23-21(26)15-30-22-24-19-9-5-6-10-20(19)25(22)31(27,28)18-7-3-2-4-8-18/h2-14H,15H2,1H3,(H,23,26)/p+1. The van der Waals surface area contributed by atoms with Gasteiger partial charge in [0.15, 0.2) is 11.0 Å². The molecule has 0 fully saturated rings. The summed E-state index contributed by atoms with van der Waals surface area (Å²) >= 11 is 1.12. The van der Waals surface area contributed by atoms with Crippen molar-refractivity contribution in [3.63, 3.8) is 0 Å². The molecule has 0 bridgehead atoms. The lowest BCUT2D eigenvalue weighted by Crippen LogP contribution is -2.44. The molecule has 1 amide bonds. The van der Waals surface area contributed by atoms with Crippen LogP contribution in [-0.4, -0.2) is 32.2 Å². The molecule has 4 rings (SSSR count). The fourth-order valence-electron chi connectivity index (χ4n) is 3.07. The van der Waals surface area contributed by atoms with E-state index >= 15 is 0 Å². The van der Waals surface area contributed by atoms with Gasteiger partial charge in [0.2, 0.25) is 5.91 Å². The highest BCUT2D eigenvalue weighted by Crippen LogP contribution is 2.22. The first-order valence-corrected chi connectivity index (χ1v) is 11.8. The summed E-state index contributed by atoms with van der Waals surface area (Å²) in [6.07, 6.45) is 0. The highest BCUT2D eigenvalue weighted by Gasteiger charge is 2.31. The number of nitrogens with zero attached hydrogens (tertiary/aromatic N) is 1. The Bertz CT molecular complexity index is 1320. The van der Waals surface area contributed by atoms with Gasteiger partial charge in [-0.15, -0.1) is 3.97 Å². The molecule has 7 nitrogen and oxygen atoms in total. The third kappa shape index (κ3) is 4.42. The van der Waals surface area contributed by atoms with Crippen LogP contribution in [0.25, 0.3) is 11.0 Å². The van der Waals surface area contributed by atoms with E-state index in [-0.39, 0.29) is 16.6 Å². The van der Waals surface area contributed by atoms with Crippen LogP contribution < -0.4 is 14.0 Å². The summed E-state index contributed by atoms with van der Waals surface area (Å²) in [5.74, 6) is 0.471. The second kappa shape index (κ2) is 8.83. The third-order valence-electron chi connectivity index (χ3n) is 4.54. The molecule has 0 aliphatic rings. The number of aromatic amines is 1. The van der Waals surface area contributed by atoms with E-state index in [2.05, 4.69) is 10.3 Å². The van der Waals surface area contributed by atoms with Crippen LogP contribution in [0.4, 0.5) is 5.69 Å². The van der Waals surface area contributed by atoms with Crippen LogP contribution in [0.2, 0.25) is 0 Å². The molecule has 1 heterocycles.